The zero-order chi connectivity index (χ0) is 8.69. The highest BCUT2D eigenvalue weighted by molar-refractivity contribution is 6.46. The summed E-state index contributed by atoms with van der Waals surface area (Å²) in [5, 5.41) is 3.35. The van der Waals surface area contributed by atoms with E-state index in [1.807, 2.05) is 0 Å². The Morgan fingerprint density at radius 2 is 1.82 bits per heavy atom. The highest BCUT2D eigenvalue weighted by Crippen LogP contribution is 1.98. The van der Waals surface area contributed by atoms with Crippen LogP contribution in [0.4, 0.5) is 0 Å². The van der Waals surface area contributed by atoms with Gasteiger partial charge in [0.25, 0.3) is 0 Å². The number of hydrogen-bond donors (Lipinski definition) is 1. The Hall–Kier alpha value is 0.0969. The Morgan fingerprint density at radius 1 is 1.27 bits per heavy atom. The van der Waals surface area contributed by atoms with E-state index in [1.165, 1.54) is 0 Å². The number of rotatable bonds is 6. The second-order valence-corrected chi connectivity index (χ2v) is 4.90. The molecule has 0 fully saturated rings. The fourth-order valence-corrected chi connectivity index (χ4v) is 2.78. The number of hydrogen-bond acceptors (Lipinski definition) is 3. The molecular formula is C7H19NO2Si. The van der Waals surface area contributed by atoms with Gasteiger partial charge in [-0.3, -0.25) is 0 Å². The topological polar surface area (TPSA) is 30.5 Å². The van der Waals surface area contributed by atoms with Crippen LogP contribution in [0.2, 0.25) is 0 Å². The van der Waals surface area contributed by atoms with E-state index >= 15 is 0 Å². The van der Waals surface area contributed by atoms with E-state index in [2.05, 4.69) is 19.2 Å². The summed E-state index contributed by atoms with van der Waals surface area (Å²) in [4.78, 5) is 0. The lowest BCUT2D eigenvalue weighted by atomic mass is 10.5. The molecule has 68 valence electrons. The summed E-state index contributed by atoms with van der Waals surface area (Å²) in [7, 11) is 2.01. The van der Waals surface area contributed by atoms with E-state index in [9.17, 15) is 0 Å². The summed E-state index contributed by atoms with van der Waals surface area (Å²) >= 11 is 0. The van der Waals surface area contributed by atoms with Gasteiger partial charge in [0.05, 0.1) is 0 Å². The second-order valence-electron chi connectivity index (χ2n) is 2.41. The SMILES string of the molecule is CCNC(CC)[SiH](OC)OC. The van der Waals surface area contributed by atoms with E-state index in [-0.39, 0.29) is 0 Å². The van der Waals surface area contributed by atoms with Crippen LogP contribution in [-0.2, 0) is 8.85 Å². The fourth-order valence-electron chi connectivity index (χ4n) is 1.12. The molecule has 0 aliphatic heterocycles. The summed E-state index contributed by atoms with van der Waals surface area (Å²) in [5.74, 6) is 0. The first-order valence-electron chi connectivity index (χ1n) is 4.09. The van der Waals surface area contributed by atoms with Crippen molar-refractivity contribution in [3.8, 4) is 0 Å². The minimum absolute atomic E-state index is 0.440. The largest absolute Gasteiger partial charge is 0.399 e. The van der Waals surface area contributed by atoms with E-state index in [0.717, 1.165) is 13.0 Å². The smallest absolute Gasteiger partial charge is 0.338 e. The molecule has 0 saturated heterocycles. The van der Waals surface area contributed by atoms with Gasteiger partial charge in [-0.1, -0.05) is 13.8 Å². The normalized spacial score (nSPS) is 13.9. The van der Waals surface area contributed by atoms with Crippen LogP contribution < -0.4 is 5.32 Å². The predicted molar refractivity (Wildman–Crippen MR) is 48.9 cm³/mol. The zero-order valence-corrected chi connectivity index (χ0v) is 9.04. The van der Waals surface area contributed by atoms with Crippen LogP contribution in [0.3, 0.4) is 0 Å². The molecular weight excluding hydrogens is 158 g/mol. The Kier molecular flexibility index (Phi) is 6.85. The van der Waals surface area contributed by atoms with Gasteiger partial charge in [-0.25, -0.2) is 0 Å². The predicted octanol–water partition coefficient (Wildman–Crippen LogP) is 0.427. The summed E-state index contributed by atoms with van der Waals surface area (Å²) in [6, 6.07) is 0. The Balaban J connectivity index is 3.76. The van der Waals surface area contributed by atoms with Crippen LogP contribution in [0.1, 0.15) is 20.3 Å². The van der Waals surface area contributed by atoms with Crippen molar-refractivity contribution in [2.45, 2.75) is 25.9 Å². The van der Waals surface area contributed by atoms with Crippen LogP contribution in [0, 0.1) is 0 Å². The first kappa shape index (κ1) is 11.1. The summed E-state index contributed by atoms with van der Waals surface area (Å²) in [6.45, 7) is 5.22. The Labute approximate surface area is 70.9 Å². The first-order valence-corrected chi connectivity index (χ1v) is 5.70. The van der Waals surface area contributed by atoms with E-state index < -0.39 is 9.28 Å². The van der Waals surface area contributed by atoms with Gasteiger partial charge in [0, 0.05) is 19.9 Å². The molecule has 11 heavy (non-hydrogen) atoms. The molecule has 0 spiro atoms. The van der Waals surface area contributed by atoms with Gasteiger partial charge in [0.1, 0.15) is 0 Å². The van der Waals surface area contributed by atoms with Crippen molar-refractivity contribution in [3.05, 3.63) is 0 Å². The minimum Gasteiger partial charge on any atom is -0.399 e. The van der Waals surface area contributed by atoms with Crippen LogP contribution in [0.25, 0.3) is 0 Å². The van der Waals surface area contributed by atoms with Crippen molar-refractivity contribution in [2.24, 2.45) is 0 Å². The molecule has 0 bridgehead atoms. The highest BCUT2D eigenvalue weighted by atomic mass is 28.3. The van der Waals surface area contributed by atoms with Gasteiger partial charge in [0.15, 0.2) is 0 Å². The molecule has 0 aliphatic carbocycles. The van der Waals surface area contributed by atoms with Gasteiger partial charge < -0.3 is 14.2 Å². The Bertz CT molecular complexity index is 88.5. The second kappa shape index (κ2) is 6.79. The van der Waals surface area contributed by atoms with Gasteiger partial charge in [-0.05, 0) is 13.0 Å². The molecule has 0 amide bonds. The molecule has 4 heteroatoms. The van der Waals surface area contributed by atoms with Crippen molar-refractivity contribution in [2.75, 3.05) is 20.8 Å². The maximum Gasteiger partial charge on any atom is 0.338 e. The van der Waals surface area contributed by atoms with Crippen LogP contribution in [0.5, 0.6) is 0 Å². The van der Waals surface area contributed by atoms with Crippen molar-refractivity contribution < 1.29 is 8.85 Å². The maximum atomic E-state index is 5.26. The average molecular weight is 177 g/mol. The molecule has 0 aromatic carbocycles. The molecule has 0 radical (unpaired) electrons. The molecule has 1 unspecified atom stereocenters. The lowest BCUT2D eigenvalue weighted by Crippen LogP contribution is -2.45. The van der Waals surface area contributed by atoms with Crippen molar-refractivity contribution >= 4 is 9.28 Å². The maximum absolute atomic E-state index is 5.26. The average Bonchev–Trinajstić information content (AvgIpc) is 2.05. The fraction of sp³-hybridized carbons (Fsp3) is 1.00. The van der Waals surface area contributed by atoms with E-state index in [0.29, 0.717) is 5.67 Å². The zero-order valence-electron chi connectivity index (χ0n) is 7.89. The lowest BCUT2D eigenvalue weighted by molar-refractivity contribution is 0.257. The van der Waals surface area contributed by atoms with Gasteiger partial charge >= 0.3 is 9.28 Å². The van der Waals surface area contributed by atoms with Gasteiger partial charge in [-0.15, -0.1) is 0 Å². The van der Waals surface area contributed by atoms with Crippen molar-refractivity contribution in [1.29, 1.82) is 0 Å². The molecule has 0 rings (SSSR count). The van der Waals surface area contributed by atoms with Crippen molar-refractivity contribution in [1.82, 2.24) is 5.32 Å². The molecule has 0 aromatic heterocycles. The van der Waals surface area contributed by atoms with Crippen LogP contribution >= 0.6 is 0 Å². The van der Waals surface area contributed by atoms with Crippen LogP contribution in [0.15, 0.2) is 0 Å². The molecule has 3 nitrogen and oxygen atoms in total. The minimum atomic E-state index is -1.44. The summed E-state index contributed by atoms with van der Waals surface area (Å²) in [5.41, 5.74) is 0.440. The van der Waals surface area contributed by atoms with E-state index in [1.54, 1.807) is 14.2 Å². The molecule has 0 aliphatic rings. The molecule has 0 aromatic rings. The summed E-state index contributed by atoms with van der Waals surface area (Å²) < 4.78 is 10.5. The molecule has 1 N–H and O–H groups in total. The van der Waals surface area contributed by atoms with E-state index in [4.69, 9.17) is 8.85 Å². The van der Waals surface area contributed by atoms with Gasteiger partial charge in [0.2, 0.25) is 0 Å². The monoisotopic (exact) mass is 177 g/mol. The quantitative estimate of drug-likeness (QED) is 0.597. The molecule has 0 saturated carbocycles. The molecule has 1 atom stereocenters. The molecule has 0 heterocycles. The number of nitrogens with one attached hydrogen (secondary N) is 1. The summed E-state index contributed by atoms with van der Waals surface area (Å²) in [6.07, 6.45) is 1.08. The third kappa shape index (κ3) is 3.86. The lowest BCUT2D eigenvalue weighted by Gasteiger charge is -2.21. The van der Waals surface area contributed by atoms with Crippen LogP contribution in [-0.4, -0.2) is 35.7 Å². The highest BCUT2D eigenvalue weighted by Gasteiger charge is 2.20. The van der Waals surface area contributed by atoms with Crippen molar-refractivity contribution in [3.63, 3.8) is 0 Å². The first-order chi connectivity index (χ1) is 5.29. The Morgan fingerprint density at radius 3 is 2.09 bits per heavy atom. The van der Waals surface area contributed by atoms with Gasteiger partial charge in [-0.2, -0.15) is 0 Å². The third-order valence-corrected chi connectivity index (χ3v) is 3.99. The third-order valence-electron chi connectivity index (χ3n) is 1.70. The standard InChI is InChI=1S/C7H19NO2Si/c1-5-7(8-6-2)11(9-3)10-4/h7-8,11H,5-6H2,1-4H3.